The summed E-state index contributed by atoms with van der Waals surface area (Å²) in [5.74, 6) is -4.30. The van der Waals surface area contributed by atoms with E-state index < -0.39 is 51.7 Å². The number of hydrogen-bond acceptors (Lipinski definition) is 6. The molecule has 224 valence electrons. The summed E-state index contributed by atoms with van der Waals surface area (Å²) >= 11 is 0. The molecule has 3 aromatic carbocycles. The number of carbonyl (C=O) groups is 3. The van der Waals surface area contributed by atoms with Gasteiger partial charge in [0, 0.05) is 30.4 Å². The molecule has 11 nitrogen and oxygen atoms in total. The molecule has 5 N–H and O–H groups in total. The first kappa shape index (κ1) is 31.6. The molecule has 0 spiro atoms. The zero-order valence-electron chi connectivity index (χ0n) is 21.4. The second-order valence-electron chi connectivity index (χ2n) is 8.40. The first-order chi connectivity index (χ1) is 19.6. The number of urea groups is 2. The van der Waals surface area contributed by atoms with Crippen LogP contribution in [0.4, 0.5) is 42.9 Å². The van der Waals surface area contributed by atoms with Crippen LogP contribution in [0.2, 0.25) is 0 Å². The molecular weight excluding hydrogens is 593 g/mol. The Labute approximate surface area is 235 Å². The molecule has 0 aromatic heterocycles. The highest BCUT2D eigenvalue weighted by Crippen LogP contribution is 2.27. The summed E-state index contributed by atoms with van der Waals surface area (Å²) in [6.07, 6.45) is -5.12. The Morgan fingerprint density at radius 2 is 1.55 bits per heavy atom. The van der Waals surface area contributed by atoms with Crippen LogP contribution in [-0.2, 0) is 10.0 Å². The van der Waals surface area contributed by atoms with Gasteiger partial charge in [-0.05, 0) is 55.0 Å². The Bertz CT molecular complexity index is 1600. The van der Waals surface area contributed by atoms with Crippen molar-refractivity contribution >= 4 is 39.4 Å². The lowest BCUT2D eigenvalue weighted by molar-refractivity contribution is -0.275. The number of anilines is 2. The minimum atomic E-state index is -5.12. The van der Waals surface area contributed by atoms with E-state index in [4.69, 9.17) is 0 Å². The van der Waals surface area contributed by atoms with E-state index in [1.807, 2.05) is 4.72 Å². The Morgan fingerprint density at radius 3 is 2.19 bits per heavy atom. The summed E-state index contributed by atoms with van der Waals surface area (Å²) in [6.45, 7) is 1.36. The fourth-order valence-corrected chi connectivity index (χ4v) is 4.31. The maximum absolute atomic E-state index is 14.5. The molecule has 0 atom stereocenters. The van der Waals surface area contributed by atoms with E-state index in [0.717, 1.165) is 24.3 Å². The molecule has 0 fully saturated rings. The van der Waals surface area contributed by atoms with E-state index in [0.29, 0.717) is 17.7 Å². The molecule has 5 amide bonds. The van der Waals surface area contributed by atoms with Gasteiger partial charge in [-0.2, -0.15) is 0 Å². The normalized spacial score (nSPS) is 11.3. The molecule has 0 unspecified atom stereocenters. The minimum absolute atomic E-state index is 0.106. The highest BCUT2D eigenvalue weighted by atomic mass is 32.2. The number of hydrogen-bond donors (Lipinski definition) is 5. The van der Waals surface area contributed by atoms with E-state index in [1.54, 1.807) is 13.0 Å². The van der Waals surface area contributed by atoms with Crippen LogP contribution in [0.5, 0.6) is 5.75 Å². The zero-order valence-corrected chi connectivity index (χ0v) is 22.3. The largest absolute Gasteiger partial charge is 0.573 e. The number of aryl methyl sites for hydroxylation is 1. The average Bonchev–Trinajstić information content (AvgIpc) is 2.88. The monoisotopic (exact) mass is 615 g/mol. The van der Waals surface area contributed by atoms with Crippen LogP contribution in [0.15, 0.2) is 65.6 Å². The quantitative estimate of drug-likeness (QED) is 0.179. The average molecular weight is 616 g/mol. The smallest absolute Gasteiger partial charge is 0.403 e. The Balaban J connectivity index is 1.46. The lowest BCUT2D eigenvalue weighted by Crippen LogP contribution is -2.42. The number of amides is 5. The van der Waals surface area contributed by atoms with Gasteiger partial charge in [-0.3, -0.25) is 4.79 Å². The zero-order chi connectivity index (χ0) is 31.1. The molecule has 0 saturated carbocycles. The van der Waals surface area contributed by atoms with Crippen molar-refractivity contribution in [1.29, 1.82) is 0 Å². The standard InChI is InChI=1S/C25H22F5N5O6S/c1-14-3-2-4-17(11-14)42(39,40)35-23(37)32-10-9-31-22(36)15-5-7-20(18(26)12-15)34-24(38)33-16-6-8-21(19(27)13-16)41-25(28,29)30/h2-8,11-13H,9-10H2,1H3,(H,31,36)(H2,32,35,37)(H2,33,34,38). The van der Waals surface area contributed by atoms with Gasteiger partial charge in [-0.25, -0.2) is 31.5 Å². The Kier molecular flexibility index (Phi) is 9.90. The number of halogens is 5. The van der Waals surface area contributed by atoms with Crippen molar-refractivity contribution in [2.75, 3.05) is 23.7 Å². The first-order valence-corrected chi connectivity index (χ1v) is 13.2. The van der Waals surface area contributed by atoms with E-state index >= 15 is 0 Å². The third kappa shape index (κ3) is 9.33. The molecule has 0 aliphatic rings. The maximum Gasteiger partial charge on any atom is 0.573 e. The predicted octanol–water partition coefficient (Wildman–Crippen LogP) is 4.23. The van der Waals surface area contributed by atoms with Crippen molar-refractivity contribution in [2.24, 2.45) is 0 Å². The molecule has 3 aromatic rings. The molecular formula is C25H22F5N5O6S. The van der Waals surface area contributed by atoms with E-state index in [2.05, 4.69) is 26.0 Å². The summed E-state index contributed by atoms with van der Waals surface area (Å²) in [4.78, 5) is 36.2. The van der Waals surface area contributed by atoms with Gasteiger partial charge in [0.15, 0.2) is 11.6 Å². The van der Waals surface area contributed by atoms with Gasteiger partial charge >= 0.3 is 18.4 Å². The van der Waals surface area contributed by atoms with Crippen LogP contribution in [0, 0.1) is 18.6 Å². The van der Waals surface area contributed by atoms with Crippen molar-refractivity contribution in [3.05, 3.63) is 83.4 Å². The van der Waals surface area contributed by atoms with E-state index in [9.17, 15) is 44.8 Å². The van der Waals surface area contributed by atoms with Crippen molar-refractivity contribution in [3.8, 4) is 5.75 Å². The van der Waals surface area contributed by atoms with E-state index in [1.165, 1.54) is 18.2 Å². The number of sulfonamides is 1. The molecule has 0 heterocycles. The topological polar surface area (TPSA) is 155 Å². The SMILES string of the molecule is Cc1cccc(S(=O)(=O)NC(=O)NCCNC(=O)c2ccc(NC(=O)Nc3ccc(OC(F)(F)F)c(F)c3)c(F)c2)c1. The van der Waals surface area contributed by atoms with Gasteiger partial charge in [0.2, 0.25) is 0 Å². The van der Waals surface area contributed by atoms with Crippen molar-refractivity contribution in [2.45, 2.75) is 18.2 Å². The molecule has 17 heteroatoms. The Hall–Kier alpha value is -4.93. The third-order valence-corrected chi connectivity index (χ3v) is 6.45. The number of ether oxygens (including phenoxy) is 1. The van der Waals surface area contributed by atoms with E-state index in [-0.39, 0.29) is 34.9 Å². The van der Waals surface area contributed by atoms with Crippen LogP contribution in [0.1, 0.15) is 15.9 Å². The van der Waals surface area contributed by atoms with Gasteiger partial charge in [0.25, 0.3) is 15.9 Å². The fraction of sp³-hybridized carbons (Fsp3) is 0.160. The van der Waals surface area contributed by atoms with Crippen molar-refractivity contribution in [1.82, 2.24) is 15.4 Å². The second kappa shape index (κ2) is 13.2. The lowest BCUT2D eigenvalue weighted by Gasteiger charge is -2.12. The summed E-state index contributed by atoms with van der Waals surface area (Å²) < 4.78 is 94.8. The molecule has 3 rings (SSSR count). The summed E-state index contributed by atoms with van der Waals surface area (Å²) in [5.41, 5.74) is -0.124. The minimum Gasteiger partial charge on any atom is -0.403 e. The number of carbonyl (C=O) groups excluding carboxylic acids is 3. The lowest BCUT2D eigenvalue weighted by atomic mass is 10.2. The van der Waals surface area contributed by atoms with Gasteiger partial charge in [0.05, 0.1) is 10.6 Å². The van der Waals surface area contributed by atoms with Gasteiger partial charge in [-0.15, -0.1) is 13.2 Å². The van der Waals surface area contributed by atoms with Gasteiger partial charge in [0.1, 0.15) is 5.82 Å². The van der Waals surface area contributed by atoms with Crippen LogP contribution in [0.3, 0.4) is 0 Å². The van der Waals surface area contributed by atoms with Crippen molar-refractivity contribution in [3.63, 3.8) is 0 Å². The number of rotatable bonds is 9. The molecule has 0 bridgehead atoms. The second-order valence-corrected chi connectivity index (χ2v) is 10.1. The van der Waals surface area contributed by atoms with Gasteiger partial charge < -0.3 is 26.0 Å². The number of nitrogens with one attached hydrogen (secondary N) is 5. The molecule has 42 heavy (non-hydrogen) atoms. The van der Waals surface area contributed by atoms with Crippen LogP contribution in [-0.4, -0.2) is 45.8 Å². The fourth-order valence-electron chi connectivity index (χ4n) is 3.28. The highest BCUT2D eigenvalue weighted by Gasteiger charge is 2.32. The molecule has 0 aliphatic carbocycles. The summed E-state index contributed by atoms with van der Waals surface area (Å²) in [7, 11) is -4.11. The molecule has 0 saturated heterocycles. The number of alkyl halides is 3. The highest BCUT2D eigenvalue weighted by molar-refractivity contribution is 7.90. The van der Waals surface area contributed by atoms with Crippen molar-refractivity contribution < 1.29 is 49.5 Å². The van der Waals surface area contributed by atoms with Crippen LogP contribution >= 0.6 is 0 Å². The number of benzene rings is 3. The maximum atomic E-state index is 14.5. The molecule has 0 radical (unpaired) electrons. The Morgan fingerprint density at radius 1 is 0.833 bits per heavy atom. The third-order valence-electron chi connectivity index (χ3n) is 5.12. The summed E-state index contributed by atoms with van der Waals surface area (Å²) in [5, 5.41) is 8.85. The predicted molar refractivity (Wildman–Crippen MR) is 139 cm³/mol. The van der Waals surface area contributed by atoms with Gasteiger partial charge in [-0.1, -0.05) is 12.1 Å². The van der Waals surface area contributed by atoms with Crippen LogP contribution < -0.4 is 30.7 Å². The molecule has 0 aliphatic heterocycles. The first-order valence-electron chi connectivity index (χ1n) is 11.7. The summed E-state index contributed by atoms with van der Waals surface area (Å²) in [6, 6.07) is 8.93. The van der Waals surface area contributed by atoms with Crippen LogP contribution in [0.25, 0.3) is 0 Å².